The Labute approximate surface area is 206 Å². The van der Waals surface area contributed by atoms with Gasteiger partial charge in [0.1, 0.15) is 0 Å². The molecule has 7 nitrogen and oxygen atoms in total. The van der Waals surface area contributed by atoms with Gasteiger partial charge in [0, 0.05) is 18.2 Å². The minimum absolute atomic E-state index is 0.0692. The molecule has 0 atom stereocenters. The Kier molecular flexibility index (Phi) is 7.12. The number of methoxy groups -OCH3 is 2. The zero-order chi connectivity index (χ0) is 25.0. The van der Waals surface area contributed by atoms with Gasteiger partial charge in [0.25, 0.3) is 15.9 Å². The highest BCUT2D eigenvalue weighted by Crippen LogP contribution is 2.45. The van der Waals surface area contributed by atoms with Crippen LogP contribution in [-0.4, -0.2) is 35.1 Å². The van der Waals surface area contributed by atoms with Gasteiger partial charge in [-0.05, 0) is 36.1 Å². The van der Waals surface area contributed by atoms with Gasteiger partial charge in [0.15, 0.2) is 16.4 Å². The molecule has 0 aliphatic carbocycles. The van der Waals surface area contributed by atoms with E-state index < -0.39 is 15.9 Å². The van der Waals surface area contributed by atoms with Gasteiger partial charge in [0.2, 0.25) is 0 Å². The summed E-state index contributed by atoms with van der Waals surface area (Å²) in [5.74, 6) is 0.230. The number of carbonyl (C=O) groups excluding carboxylic acids is 1. The number of rotatable bonds is 8. The third kappa shape index (κ3) is 4.88. The number of sulfonamides is 1. The fraction of sp³-hybridized carbons (Fsp3) is 0.222. The quantitative estimate of drug-likeness (QED) is 0.511. The Morgan fingerprint density at radius 2 is 1.46 bits per heavy atom. The summed E-state index contributed by atoms with van der Waals surface area (Å²) in [6, 6.07) is 22.3. The summed E-state index contributed by atoms with van der Waals surface area (Å²) in [6.07, 6.45) is 0.592. The number of benzene rings is 3. The maximum Gasteiger partial charge on any atom is 0.270 e. The predicted octanol–water partition coefficient (Wildman–Crippen LogP) is 4.14. The Hall–Kier alpha value is -3.78. The van der Waals surface area contributed by atoms with Crippen LogP contribution < -0.4 is 19.1 Å². The Bertz CT molecular complexity index is 1350. The van der Waals surface area contributed by atoms with Crippen molar-refractivity contribution >= 4 is 27.2 Å². The van der Waals surface area contributed by atoms with Crippen molar-refractivity contribution in [2.24, 2.45) is 0 Å². The number of carbonyl (C=O) groups is 1. The smallest absolute Gasteiger partial charge is 0.270 e. The first kappa shape index (κ1) is 24.3. The Morgan fingerprint density at radius 3 is 2.06 bits per heavy atom. The number of anilines is 1. The molecule has 0 unspecified atom stereocenters. The van der Waals surface area contributed by atoms with E-state index in [2.05, 4.69) is 5.32 Å². The minimum Gasteiger partial charge on any atom is -0.493 e. The second kappa shape index (κ2) is 10.2. The first-order valence-corrected chi connectivity index (χ1v) is 12.7. The Balaban J connectivity index is 1.75. The summed E-state index contributed by atoms with van der Waals surface area (Å²) < 4.78 is 39.9. The molecule has 4 rings (SSSR count). The van der Waals surface area contributed by atoms with Crippen molar-refractivity contribution in [2.45, 2.75) is 19.9 Å². The van der Waals surface area contributed by atoms with Gasteiger partial charge < -0.3 is 14.8 Å². The van der Waals surface area contributed by atoms with Crippen molar-refractivity contribution in [3.8, 4) is 11.5 Å². The molecule has 35 heavy (non-hydrogen) atoms. The fourth-order valence-corrected chi connectivity index (χ4v) is 5.94. The van der Waals surface area contributed by atoms with Crippen molar-refractivity contribution in [1.29, 1.82) is 0 Å². The zero-order valence-electron chi connectivity index (χ0n) is 19.9. The van der Waals surface area contributed by atoms with Crippen LogP contribution in [0.15, 0.2) is 77.7 Å². The molecule has 8 heteroatoms. The van der Waals surface area contributed by atoms with Crippen LogP contribution in [0.3, 0.4) is 0 Å². The zero-order valence-corrected chi connectivity index (χ0v) is 20.8. The first-order chi connectivity index (χ1) is 16.9. The number of ether oxygens (including phenoxy) is 2. The van der Waals surface area contributed by atoms with Gasteiger partial charge in [-0.25, -0.2) is 8.42 Å². The number of amides is 1. The molecule has 3 aromatic carbocycles. The molecule has 1 aliphatic rings. The highest BCUT2D eigenvalue weighted by molar-refractivity contribution is 7.97. The maximum atomic E-state index is 13.9. The maximum absolute atomic E-state index is 13.9. The lowest BCUT2D eigenvalue weighted by Gasteiger charge is -2.33. The molecule has 0 saturated heterocycles. The monoisotopic (exact) mass is 492 g/mol. The van der Waals surface area contributed by atoms with E-state index in [0.29, 0.717) is 41.3 Å². The van der Waals surface area contributed by atoms with E-state index in [4.69, 9.17) is 9.47 Å². The fourth-order valence-electron chi connectivity index (χ4n) is 4.18. The molecule has 0 radical (unpaired) electrons. The van der Waals surface area contributed by atoms with Gasteiger partial charge in [-0.1, -0.05) is 60.7 Å². The highest BCUT2D eigenvalue weighted by atomic mass is 32.2. The molecular weight excluding hydrogens is 464 g/mol. The second-order valence-electron chi connectivity index (χ2n) is 8.17. The van der Waals surface area contributed by atoms with Crippen molar-refractivity contribution in [3.05, 3.63) is 94.4 Å². The molecule has 0 spiro atoms. The summed E-state index contributed by atoms with van der Waals surface area (Å²) in [5.41, 5.74) is 3.24. The van der Waals surface area contributed by atoms with E-state index in [1.54, 1.807) is 19.1 Å². The van der Waals surface area contributed by atoms with E-state index in [1.807, 2.05) is 60.7 Å². The van der Waals surface area contributed by atoms with Crippen LogP contribution in [0.2, 0.25) is 0 Å². The van der Waals surface area contributed by atoms with Crippen molar-refractivity contribution in [2.75, 3.05) is 25.1 Å². The van der Waals surface area contributed by atoms with Gasteiger partial charge in [-0.15, -0.1) is 0 Å². The lowest BCUT2D eigenvalue weighted by atomic mass is 10.0. The predicted molar refractivity (Wildman–Crippen MR) is 137 cm³/mol. The SMILES string of the molecule is COc1cc2c(cc1OC)N(Cc1ccccc1)S(=O)(=O)C(C(=O)NCCc1ccccc1)=C2C. The molecule has 0 bridgehead atoms. The van der Waals surface area contributed by atoms with Crippen molar-refractivity contribution < 1.29 is 22.7 Å². The average molecular weight is 493 g/mol. The molecule has 182 valence electrons. The molecule has 3 aromatic rings. The number of hydrogen-bond donors (Lipinski definition) is 1. The summed E-state index contributed by atoms with van der Waals surface area (Å²) in [5, 5.41) is 2.79. The average Bonchev–Trinajstić information content (AvgIpc) is 2.87. The number of nitrogens with zero attached hydrogens (tertiary/aromatic N) is 1. The van der Waals surface area contributed by atoms with E-state index in [-0.39, 0.29) is 11.4 Å². The molecule has 0 fully saturated rings. The molecule has 0 saturated carbocycles. The highest BCUT2D eigenvalue weighted by Gasteiger charge is 2.40. The number of fused-ring (bicyclic) bond motifs is 1. The molecule has 1 N–H and O–H groups in total. The third-order valence-corrected chi connectivity index (χ3v) is 7.89. The van der Waals surface area contributed by atoms with Gasteiger partial charge in [-0.3, -0.25) is 9.10 Å². The van der Waals surface area contributed by atoms with Crippen LogP contribution in [0.1, 0.15) is 23.6 Å². The molecule has 0 aromatic heterocycles. The van der Waals surface area contributed by atoms with E-state index in [9.17, 15) is 13.2 Å². The molecular formula is C27H28N2O5S. The van der Waals surface area contributed by atoms with Gasteiger partial charge >= 0.3 is 0 Å². The lowest BCUT2D eigenvalue weighted by Crippen LogP contribution is -2.41. The van der Waals surface area contributed by atoms with E-state index >= 15 is 0 Å². The van der Waals surface area contributed by atoms with Crippen molar-refractivity contribution in [3.63, 3.8) is 0 Å². The second-order valence-corrected chi connectivity index (χ2v) is 9.97. The first-order valence-electron chi connectivity index (χ1n) is 11.2. The largest absolute Gasteiger partial charge is 0.493 e. The summed E-state index contributed by atoms with van der Waals surface area (Å²) in [7, 11) is -1.15. The van der Waals surface area contributed by atoms with Crippen LogP contribution in [0.25, 0.3) is 5.57 Å². The summed E-state index contributed by atoms with van der Waals surface area (Å²) in [4.78, 5) is 13.0. The van der Waals surface area contributed by atoms with Gasteiger partial charge in [-0.2, -0.15) is 0 Å². The number of hydrogen-bond acceptors (Lipinski definition) is 5. The molecule has 1 aliphatic heterocycles. The standard InChI is InChI=1S/C27H28N2O5S/c1-19-22-16-24(33-2)25(34-3)17-23(22)29(18-21-12-8-5-9-13-21)35(31,32)26(19)27(30)28-15-14-20-10-6-4-7-11-20/h4-13,16-17H,14-15,18H2,1-3H3,(H,28,30). The van der Waals surface area contributed by atoms with Crippen LogP contribution in [0.5, 0.6) is 11.5 Å². The van der Waals surface area contributed by atoms with Crippen LogP contribution >= 0.6 is 0 Å². The number of allylic oxidation sites excluding steroid dienone is 1. The van der Waals surface area contributed by atoms with E-state index in [0.717, 1.165) is 11.1 Å². The van der Waals surface area contributed by atoms with Crippen LogP contribution in [0, 0.1) is 0 Å². The molecule has 1 amide bonds. The Morgan fingerprint density at radius 1 is 0.886 bits per heavy atom. The minimum atomic E-state index is -4.16. The van der Waals surface area contributed by atoms with Crippen LogP contribution in [0.4, 0.5) is 5.69 Å². The van der Waals surface area contributed by atoms with E-state index in [1.165, 1.54) is 18.5 Å². The normalized spacial score (nSPS) is 14.3. The van der Waals surface area contributed by atoms with Crippen molar-refractivity contribution in [1.82, 2.24) is 5.32 Å². The summed E-state index contributed by atoms with van der Waals surface area (Å²) in [6.45, 7) is 2.03. The number of nitrogens with one attached hydrogen (secondary N) is 1. The van der Waals surface area contributed by atoms with Crippen LogP contribution in [-0.2, 0) is 27.8 Å². The molecule has 1 heterocycles. The van der Waals surface area contributed by atoms with Gasteiger partial charge in [0.05, 0.1) is 26.5 Å². The third-order valence-electron chi connectivity index (χ3n) is 5.98. The topological polar surface area (TPSA) is 84.9 Å². The lowest BCUT2D eigenvalue weighted by molar-refractivity contribution is -0.116. The summed E-state index contributed by atoms with van der Waals surface area (Å²) >= 11 is 0.